The summed E-state index contributed by atoms with van der Waals surface area (Å²) in [5.74, 6) is 0. The second kappa shape index (κ2) is 3.89. The minimum Gasteiger partial charge on any atom is -0.431 e. The predicted octanol–water partition coefficient (Wildman–Crippen LogP) is 2.22. The number of rotatable bonds is 2. The number of nitrogens with two attached hydrogens (primary N) is 1. The lowest BCUT2D eigenvalue weighted by Gasteiger charge is -2.19. The topological polar surface area (TPSA) is 55.3 Å². The first-order chi connectivity index (χ1) is 8.29. The van der Waals surface area contributed by atoms with E-state index in [4.69, 9.17) is 10.2 Å². The van der Waals surface area contributed by atoms with E-state index in [1.807, 2.05) is 6.07 Å². The Labute approximate surface area is 100 Å². The molecule has 0 spiro atoms. The van der Waals surface area contributed by atoms with Crippen LogP contribution in [0.3, 0.4) is 0 Å². The number of anilines is 2. The molecule has 17 heavy (non-hydrogen) atoms. The number of nitrogens with zero attached hydrogens (tertiary/aromatic N) is 2. The Hall–Kier alpha value is -1.81. The highest BCUT2D eigenvalue weighted by Gasteiger charge is 2.29. The van der Waals surface area contributed by atoms with Gasteiger partial charge in [0.05, 0.1) is 5.69 Å². The summed E-state index contributed by atoms with van der Waals surface area (Å²) < 4.78 is 5.50. The Morgan fingerprint density at radius 2 is 2.29 bits per heavy atom. The maximum absolute atomic E-state index is 5.55. The van der Waals surface area contributed by atoms with E-state index in [0.29, 0.717) is 18.6 Å². The number of hydrogen-bond acceptors (Lipinski definition) is 4. The molecule has 0 saturated heterocycles. The van der Waals surface area contributed by atoms with Gasteiger partial charge in [-0.05, 0) is 25.0 Å². The Balaban J connectivity index is 2.03. The fraction of sp³-hybridized carbons (Fsp3) is 0.308. The summed E-state index contributed by atoms with van der Waals surface area (Å²) in [7, 11) is 0. The molecule has 1 aromatic heterocycles. The number of benzene rings is 1. The van der Waals surface area contributed by atoms with Crippen molar-refractivity contribution < 1.29 is 4.42 Å². The largest absolute Gasteiger partial charge is 0.431 e. The summed E-state index contributed by atoms with van der Waals surface area (Å²) in [6.07, 6.45) is 2.65. The molecule has 0 fully saturated rings. The first-order valence-corrected chi connectivity index (χ1v) is 5.81. The van der Waals surface area contributed by atoms with Gasteiger partial charge in [0.2, 0.25) is 0 Å². The van der Waals surface area contributed by atoms with E-state index < -0.39 is 0 Å². The monoisotopic (exact) mass is 229 g/mol. The van der Waals surface area contributed by atoms with Crippen LogP contribution in [0.5, 0.6) is 0 Å². The molecule has 88 valence electrons. The van der Waals surface area contributed by atoms with Crippen molar-refractivity contribution in [2.75, 3.05) is 4.90 Å². The van der Waals surface area contributed by atoms with Gasteiger partial charge >= 0.3 is 6.01 Å². The van der Waals surface area contributed by atoms with Crippen molar-refractivity contribution in [3.8, 4) is 0 Å². The molecule has 2 heterocycles. The van der Waals surface area contributed by atoms with Crippen molar-refractivity contribution in [2.45, 2.75) is 25.9 Å². The number of para-hydroxylation sites is 1. The maximum Gasteiger partial charge on any atom is 0.302 e. The van der Waals surface area contributed by atoms with E-state index in [2.05, 4.69) is 35.0 Å². The van der Waals surface area contributed by atoms with Crippen molar-refractivity contribution >= 4 is 11.7 Å². The van der Waals surface area contributed by atoms with E-state index >= 15 is 0 Å². The molecular formula is C13H15N3O. The normalized spacial score (nSPS) is 18.5. The second-order valence-electron chi connectivity index (χ2n) is 4.38. The Morgan fingerprint density at radius 3 is 3.06 bits per heavy atom. The molecule has 1 unspecified atom stereocenters. The van der Waals surface area contributed by atoms with Crippen LogP contribution in [0.1, 0.15) is 18.2 Å². The third-order valence-corrected chi connectivity index (χ3v) is 3.16. The minimum absolute atomic E-state index is 0.372. The lowest BCUT2D eigenvalue weighted by molar-refractivity contribution is 0.538. The van der Waals surface area contributed by atoms with E-state index in [-0.39, 0.29) is 0 Å². The lowest BCUT2D eigenvalue weighted by atomic mass is 10.1. The Bertz CT molecular complexity index is 535. The molecular weight excluding hydrogens is 214 g/mol. The van der Waals surface area contributed by atoms with Gasteiger partial charge in [0.15, 0.2) is 0 Å². The standard InChI is InChI=1S/C13H15N3O/c1-9-6-10-4-2-3-5-12(10)16(9)13-15-11(7-14)8-17-13/h2-5,8-9H,6-7,14H2,1H3. The molecule has 0 bridgehead atoms. The zero-order valence-electron chi connectivity index (χ0n) is 9.76. The van der Waals surface area contributed by atoms with Gasteiger partial charge in [0.25, 0.3) is 0 Å². The van der Waals surface area contributed by atoms with Crippen molar-refractivity contribution in [1.29, 1.82) is 0 Å². The number of fused-ring (bicyclic) bond motifs is 1. The summed E-state index contributed by atoms with van der Waals surface area (Å²) in [5, 5.41) is 0. The molecule has 1 atom stereocenters. The van der Waals surface area contributed by atoms with Crippen LogP contribution in [-0.4, -0.2) is 11.0 Å². The van der Waals surface area contributed by atoms with Gasteiger partial charge in [-0.3, -0.25) is 4.90 Å². The molecule has 0 aliphatic carbocycles. The zero-order chi connectivity index (χ0) is 11.8. The summed E-state index contributed by atoms with van der Waals surface area (Å²) in [5.41, 5.74) is 8.86. The quantitative estimate of drug-likeness (QED) is 0.857. The molecule has 0 amide bonds. The fourth-order valence-corrected chi connectivity index (χ4v) is 2.36. The van der Waals surface area contributed by atoms with Gasteiger partial charge in [0, 0.05) is 18.3 Å². The molecule has 3 rings (SSSR count). The third kappa shape index (κ3) is 1.61. The summed E-state index contributed by atoms with van der Waals surface area (Å²) >= 11 is 0. The van der Waals surface area contributed by atoms with E-state index in [9.17, 15) is 0 Å². The van der Waals surface area contributed by atoms with Crippen molar-refractivity contribution in [1.82, 2.24) is 4.98 Å². The van der Waals surface area contributed by atoms with Crippen LogP contribution in [0.4, 0.5) is 11.7 Å². The van der Waals surface area contributed by atoms with E-state index in [1.165, 1.54) is 11.3 Å². The SMILES string of the molecule is CC1Cc2ccccc2N1c1nc(CN)co1. The first kappa shape index (κ1) is 10.4. The highest BCUT2D eigenvalue weighted by atomic mass is 16.4. The molecule has 4 nitrogen and oxygen atoms in total. The number of aromatic nitrogens is 1. The molecule has 0 radical (unpaired) electrons. The second-order valence-corrected chi connectivity index (χ2v) is 4.38. The summed E-state index contributed by atoms with van der Waals surface area (Å²) in [6, 6.07) is 9.37. The van der Waals surface area contributed by atoms with E-state index in [1.54, 1.807) is 6.26 Å². The Kier molecular flexibility index (Phi) is 2.37. The minimum atomic E-state index is 0.372. The highest BCUT2D eigenvalue weighted by Crippen LogP contribution is 2.37. The first-order valence-electron chi connectivity index (χ1n) is 5.81. The van der Waals surface area contributed by atoms with Crippen molar-refractivity contribution in [3.05, 3.63) is 41.8 Å². The molecule has 1 aromatic carbocycles. The van der Waals surface area contributed by atoms with Crippen LogP contribution in [0.15, 0.2) is 34.9 Å². The van der Waals surface area contributed by atoms with Crippen LogP contribution in [0, 0.1) is 0 Å². The number of oxazole rings is 1. The van der Waals surface area contributed by atoms with Crippen LogP contribution in [-0.2, 0) is 13.0 Å². The van der Waals surface area contributed by atoms with Crippen LogP contribution >= 0.6 is 0 Å². The van der Waals surface area contributed by atoms with Gasteiger partial charge in [0.1, 0.15) is 6.26 Å². The Morgan fingerprint density at radius 1 is 1.47 bits per heavy atom. The van der Waals surface area contributed by atoms with Crippen LogP contribution in [0.2, 0.25) is 0 Å². The molecule has 2 N–H and O–H groups in total. The average Bonchev–Trinajstić information content (AvgIpc) is 2.91. The number of hydrogen-bond donors (Lipinski definition) is 1. The molecule has 2 aromatic rings. The third-order valence-electron chi connectivity index (χ3n) is 3.16. The average molecular weight is 229 g/mol. The van der Waals surface area contributed by atoms with Crippen molar-refractivity contribution in [2.24, 2.45) is 5.73 Å². The van der Waals surface area contributed by atoms with Gasteiger partial charge in [-0.25, -0.2) is 0 Å². The summed E-state index contributed by atoms with van der Waals surface area (Å²) in [6.45, 7) is 2.58. The van der Waals surface area contributed by atoms with Crippen LogP contribution < -0.4 is 10.6 Å². The zero-order valence-corrected chi connectivity index (χ0v) is 9.76. The van der Waals surface area contributed by atoms with E-state index in [0.717, 1.165) is 12.1 Å². The molecule has 4 heteroatoms. The maximum atomic E-state index is 5.55. The van der Waals surface area contributed by atoms with Gasteiger partial charge in [-0.2, -0.15) is 4.98 Å². The van der Waals surface area contributed by atoms with Crippen molar-refractivity contribution in [3.63, 3.8) is 0 Å². The van der Waals surface area contributed by atoms with Gasteiger partial charge in [-0.15, -0.1) is 0 Å². The smallest absolute Gasteiger partial charge is 0.302 e. The fourth-order valence-electron chi connectivity index (χ4n) is 2.36. The van der Waals surface area contributed by atoms with Gasteiger partial charge in [-0.1, -0.05) is 18.2 Å². The predicted molar refractivity (Wildman–Crippen MR) is 66.1 cm³/mol. The van der Waals surface area contributed by atoms with Gasteiger partial charge < -0.3 is 10.2 Å². The molecule has 1 aliphatic heterocycles. The van der Waals surface area contributed by atoms with Crippen LogP contribution in [0.25, 0.3) is 0 Å². The highest BCUT2D eigenvalue weighted by molar-refractivity contribution is 5.66. The lowest BCUT2D eigenvalue weighted by Crippen LogP contribution is -2.24. The summed E-state index contributed by atoms with van der Waals surface area (Å²) in [4.78, 5) is 6.53. The molecule has 1 aliphatic rings. The molecule has 0 saturated carbocycles.